The summed E-state index contributed by atoms with van der Waals surface area (Å²) in [5.41, 5.74) is 1.10. The number of ether oxygens (including phenoxy) is 1. The number of thioether (sulfide) groups is 1. The van der Waals surface area contributed by atoms with Gasteiger partial charge in [-0.05, 0) is 70.2 Å². The average Bonchev–Trinajstić information content (AvgIpc) is 3.35. The van der Waals surface area contributed by atoms with E-state index < -0.39 is 7.12 Å². The van der Waals surface area contributed by atoms with Crippen LogP contribution >= 0.6 is 11.8 Å². The van der Waals surface area contributed by atoms with Gasteiger partial charge in [0.1, 0.15) is 6.61 Å². The molecule has 0 radical (unpaired) electrons. The van der Waals surface area contributed by atoms with Gasteiger partial charge in [-0.2, -0.15) is 11.8 Å². The smallest absolute Gasteiger partial charge is 0.445 e. The molecule has 3 rings (SSSR count). The summed E-state index contributed by atoms with van der Waals surface area (Å²) in [5.74, 6) is 1.35. The first kappa shape index (κ1) is 26.9. The van der Waals surface area contributed by atoms with Gasteiger partial charge in [0.2, 0.25) is 5.91 Å². The number of hydrogen-bond donors (Lipinski definition) is 1. The van der Waals surface area contributed by atoms with Crippen LogP contribution in [0.4, 0.5) is 4.79 Å². The normalized spacial score (nSPS) is 23.1. The molecule has 1 aliphatic heterocycles. The number of amides is 2. The molecule has 1 N–H and O–H groups in total. The van der Waals surface area contributed by atoms with Crippen LogP contribution in [0.1, 0.15) is 58.9 Å². The Morgan fingerprint density at radius 1 is 1.15 bits per heavy atom. The van der Waals surface area contributed by atoms with E-state index in [1.54, 1.807) is 23.7 Å². The van der Waals surface area contributed by atoms with Gasteiger partial charge in [-0.3, -0.25) is 4.79 Å². The number of carbonyl (C=O) groups excluding carboxylic acids is 2. The van der Waals surface area contributed by atoms with Gasteiger partial charge < -0.3 is 24.3 Å². The van der Waals surface area contributed by atoms with Crippen LogP contribution in [0.25, 0.3) is 0 Å². The second kappa shape index (κ2) is 11.4. The van der Waals surface area contributed by atoms with Crippen molar-refractivity contribution < 1.29 is 23.6 Å². The molecule has 0 bridgehead atoms. The standard InChI is InChI=1S/C25H39BN2O5S/c1-24(2)25(3,4)33-26(32-24)20-10-7-18(8-11-20)17-31-23(30)28(5)21-12-9-19(15-21)16-27-22(29)13-14-34-6/h7-8,10-11,19,21H,9,12-17H2,1-6H3,(H,27,29). The van der Waals surface area contributed by atoms with Crippen molar-refractivity contribution in [3.05, 3.63) is 29.8 Å². The molecule has 7 nitrogen and oxygen atoms in total. The number of nitrogens with one attached hydrogen (secondary N) is 1. The van der Waals surface area contributed by atoms with Crippen molar-refractivity contribution >= 4 is 36.3 Å². The molecule has 2 unspecified atom stereocenters. The molecule has 34 heavy (non-hydrogen) atoms. The molecule has 2 atom stereocenters. The summed E-state index contributed by atoms with van der Waals surface area (Å²) in [6.45, 7) is 9.04. The predicted molar refractivity (Wildman–Crippen MR) is 137 cm³/mol. The summed E-state index contributed by atoms with van der Waals surface area (Å²) in [7, 11) is 1.40. The molecule has 188 valence electrons. The third-order valence-electron chi connectivity index (χ3n) is 7.34. The third-order valence-corrected chi connectivity index (χ3v) is 7.95. The van der Waals surface area contributed by atoms with Gasteiger partial charge in [0, 0.05) is 31.8 Å². The predicted octanol–water partition coefficient (Wildman–Crippen LogP) is 3.59. The highest BCUT2D eigenvalue weighted by molar-refractivity contribution is 7.98. The molecule has 1 aromatic carbocycles. The summed E-state index contributed by atoms with van der Waals surface area (Å²) in [6, 6.07) is 7.96. The lowest BCUT2D eigenvalue weighted by Gasteiger charge is -2.32. The highest BCUT2D eigenvalue weighted by Crippen LogP contribution is 2.36. The molecule has 0 aromatic heterocycles. The minimum Gasteiger partial charge on any atom is -0.445 e. The van der Waals surface area contributed by atoms with Crippen molar-refractivity contribution in [1.82, 2.24) is 10.2 Å². The van der Waals surface area contributed by atoms with Crippen LogP contribution in [0.3, 0.4) is 0 Å². The van der Waals surface area contributed by atoms with E-state index in [9.17, 15) is 9.59 Å². The van der Waals surface area contributed by atoms with Crippen LogP contribution in [0.5, 0.6) is 0 Å². The Labute approximate surface area is 208 Å². The average molecular weight is 490 g/mol. The van der Waals surface area contributed by atoms with Crippen molar-refractivity contribution in [3.8, 4) is 0 Å². The van der Waals surface area contributed by atoms with Gasteiger partial charge in [0.25, 0.3) is 0 Å². The topological polar surface area (TPSA) is 77.1 Å². The summed E-state index contributed by atoms with van der Waals surface area (Å²) in [6.07, 6.45) is 5.06. The van der Waals surface area contributed by atoms with E-state index >= 15 is 0 Å². The quantitative estimate of drug-likeness (QED) is 0.534. The van der Waals surface area contributed by atoms with Crippen molar-refractivity contribution in [3.63, 3.8) is 0 Å². The fourth-order valence-corrected chi connectivity index (χ4v) is 4.66. The number of benzene rings is 1. The Morgan fingerprint density at radius 2 is 1.79 bits per heavy atom. The SMILES string of the molecule is CSCCC(=O)NCC1CCC(N(C)C(=O)OCc2ccc(B3OC(C)(C)C(C)(C)O3)cc2)C1. The maximum atomic E-state index is 12.6. The zero-order valence-corrected chi connectivity index (χ0v) is 22.2. The Kier molecular flexibility index (Phi) is 8.98. The highest BCUT2D eigenvalue weighted by atomic mass is 32.2. The third kappa shape index (κ3) is 6.70. The Bertz CT molecular complexity index is 832. The summed E-state index contributed by atoms with van der Waals surface area (Å²) < 4.78 is 17.8. The second-order valence-electron chi connectivity index (χ2n) is 10.4. The lowest BCUT2D eigenvalue weighted by Crippen LogP contribution is -2.41. The van der Waals surface area contributed by atoms with E-state index in [0.717, 1.165) is 36.0 Å². The van der Waals surface area contributed by atoms with Gasteiger partial charge in [-0.25, -0.2) is 4.79 Å². The fraction of sp³-hybridized carbons (Fsp3) is 0.680. The number of rotatable bonds is 9. The van der Waals surface area contributed by atoms with Crippen LogP contribution in [-0.4, -0.2) is 66.9 Å². The number of nitrogens with zero attached hydrogens (tertiary/aromatic N) is 1. The van der Waals surface area contributed by atoms with E-state index in [0.29, 0.717) is 18.9 Å². The second-order valence-corrected chi connectivity index (χ2v) is 11.4. The monoisotopic (exact) mass is 490 g/mol. The van der Waals surface area contributed by atoms with Crippen molar-refractivity contribution in [1.29, 1.82) is 0 Å². The minimum atomic E-state index is -0.404. The van der Waals surface area contributed by atoms with Crippen LogP contribution in [0, 0.1) is 5.92 Å². The maximum Gasteiger partial charge on any atom is 0.494 e. The highest BCUT2D eigenvalue weighted by Gasteiger charge is 2.51. The molecule has 2 aliphatic rings. The van der Waals surface area contributed by atoms with E-state index in [-0.39, 0.29) is 35.9 Å². The first-order valence-corrected chi connectivity index (χ1v) is 13.5. The Hall–Kier alpha value is -1.71. The molecule has 2 amide bonds. The van der Waals surface area contributed by atoms with Crippen LogP contribution in [0.2, 0.25) is 0 Å². The van der Waals surface area contributed by atoms with Gasteiger partial charge in [0.15, 0.2) is 0 Å². The first-order chi connectivity index (χ1) is 16.0. The van der Waals surface area contributed by atoms with Crippen LogP contribution in [0.15, 0.2) is 24.3 Å². The van der Waals surface area contributed by atoms with Gasteiger partial charge in [0.05, 0.1) is 11.2 Å². The lowest BCUT2D eigenvalue weighted by molar-refractivity contribution is -0.120. The maximum absolute atomic E-state index is 12.6. The van der Waals surface area contributed by atoms with E-state index in [2.05, 4.69) is 5.32 Å². The molecular formula is C25H39BN2O5S. The van der Waals surface area contributed by atoms with E-state index in [1.807, 2.05) is 58.2 Å². The van der Waals surface area contributed by atoms with Gasteiger partial charge >= 0.3 is 13.2 Å². The molecule has 1 heterocycles. The zero-order valence-electron chi connectivity index (χ0n) is 21.4. The Morgan fingerprint density at radius 3 is 2.41 bits per heavy atom. The summed E-state index contributed by atoms with van der Waals surface area (Å²) >= 11 is 1.67. The van der Waals surface area contributed by atoms with Crippen molar-refractivity contribution in [2.24, 2.45) is 5.92 Å². The molecule has 2 fully saturated rings. The molecule has 9 heteroatoms. The summed E-state index contributed by atoms with van der Waals surface area (Å²) in [4.78, 5) is 26.1. The van der Waals surface area contributed by atoms with Crippen molar-refractivity contribution in [2.75, 3.05) is 25.6 Å². The lowest BCUT2D eigenvalue weighted by atomic mass is 9.79. The van der Waals surface area contributed by atoms with Crippen molar-refractivity contribution in [2.45, 2.75) is 77.2 Å². The van der Waals surface area contributed by atoms with E-state index in [4.69, 9.17) is 14.0 Å². The van der Waals surface area contributed by atoms with Crippen LogP contribution in [-0.2, 0) is 25.4 Å². The fourth-order valence-electron chi connectivity index (χ4n) is 4.27. The first-order valence-electron chi connectivity index (χ1n) is 12.1. The molecule has 0 spiro atoms. The van der Waals surface area contributed by atoms with Gasteiger partial charge in [-0.15, -0.1) is 0 Å². The molecule has 1 aromatic rings. The minimum absolute atomic E-state index is 0.107. The molecule has 1 saturated carbocycles. The van der Waals surface area contributed by atoms with Gasteiger partial charge in [-0.1, -0.05) is 24.3 Å². The number of carbonyl (C=O) groups is 2. The molecule has 1 aliphatic carbocycles. The molecular weight excluding hydrogens is 451 g/mol. The zero-order chi connectivity index (χ0) is 24.9. The van der Waals surface area contributed by atoms with Crippen LogP contribution < -0.4 is 10.8 Å². The molecule has 1 saturated heterocycles. The Balaban J connectivity index is 1.42. The van der Waals surface area contributed by atoms with E-state index in [1.165, 1.54) is 0 Å². The summed E-state index contributed by atoms with van der Waals surface area (Å²) in [5, 5.41) is 3.02. The largest absolute Gasteiger partial charge is 0.494 e. The number of hydrogen-bond acceptors (Lipinski definition) is 6.